The average molecular weight is 343 g/mol. The molecule has 1 unspecified atom stereocenters. The number of carbonyl (C=O) groups is 1. The second-order valence-electron chi connectivity index (χ2n) is 6.17. The lowest BCUT2D eigenvalue weighted by Crippen LogP contribution is -2.35. The Bertz CT molecular complexity index is 666. The maximum absolute atomic E-state index is 12.9. The fourth-order valence-electron chi connectivity index (χ4n) is 3.25. The topological polar surface area (TPSA) is 32.3 Å². The van der Waals surface area contributed by atoms with Gasteiger partial charge in [-0.15, -0.1) is 0 Å². The zero-order valence-corrected chi connectivity index (χ0v) is 14.5. The third-order valence-corrected chi connectivity index (χ3v) is 4.90. The highest BCUT2D eigenvalue weighted by Gasteiger charge is 2.24. The SMILES string of the molecule is O=C(CC(c1ccccc1)c1ccccc1Cl)N1CCCNCC1. The first kappa shape index (κ1) is 17.0. The van der Waals surface area contributed by atoms with Gasteiger partial charge in [0.1, 0.15) is 0 Å². The summed E-state index contributed by atoms with van der Waals surface area (Å²) in [6.45, 7) is 3.46. The molecule has 0 aliphatic carbocycles. The minimum Gasteiger partial charge on any atom is -0.341 e. The van der Waals surface area contributed by atoms with Crippen LogP contribution >= 0.6 is 11.6 Å². The Kier molecular flexibility index (Phi) is 5.89. The van der Waals surface area contributed by atoms with E-state index in [2.05, 4.69) is 17.4 Å². The molecule has 0 aromatic heterocycles. The number of halogens is 1. The first-order valence-corrected chi connectivity index (χ1v) is 8.91. The molecule has 3 rings (SSSR count). The van der Waals surface area contributed by atoms with Crippen LogP contribution in [0.15, 0.2) is 54.6 Å². The summed E-state index contributed by atoms with van der Waals surface area (Å²) in [6, 6.07) is 18.0. The van der Waals surface area contributed by atoms with Gasteiger partial charge in [-0.1, -0.05) is 60.1 Å². The Morgan fingerprint density at radius 2 is 1.79 bits per heavy atom. The molecule has 1 N–H and O–H groups in total. The molecule has 24 heavy (non-hydrogen) atoms. The minimum absolute atomic E-state index is 0.0105. The normalized spacial score (nSPS) is 16.5. The fourth-order valence-corrected chi connectivity index (χ4v) is 3.52. The third kappa shape index (κ3) is 4.16. The molecule has 4 heteroatoms. The van der Waals surface area contributed by atoms with Crippen molar-refractivity contribution in [2.75, 3.05) is 26.2 Å². The molecule has 0 saturated carbocycles. The van der Waals surface area contributed by atoms with Gasteiger partial charge in [0.2, 0.25) is 5.91 Å². The molecule has 0 bridgehead atoms. The minimum atomic E-state index is -0.0105. The van der Waals surface area contributed by atoms with Gasteiger partial charge in [0, 0.05) is 37.0 Å². The van der Waals surface area contributed by atoms with Crippen molar-refractivity contribution in [3.8, 4) is 0 Å². The molecule has 2 aromatic rings. The number of carbonyl (C=O) groups excluding carboxylic acids is 1. The van der Waals surface area contributed by atoms with Gasteiger partial charge in [-0.25, -0.2) is 0 Å². The van der Waals surface area contributed by atoms with E-state index < -0.39 is 0 Å². The number of nitrogens with one attached hydrogen (secondary N) is 1. The van der Waals surface area contributed by atoms with Crippen LogP contribution in [0.2, 0.25) is 5.02 Å². The molecule has 1 atom stereocenters. The summed E-state index contributed by atoms with van der Waals surface area (Å²) in [5.41, 5.74) is 2.15. The van der Waals surface area contributed by atoms with Gasteiger partial charge in [0.05, 0.1) is 0 Å². The zero-order chi connectivity index (χ0) is 16.8. The standard InChI is InChI=1S/C20H23ClN2O/c21-19-10-5-4-9-17(19)18(16-7-2-1-3-8-16)15-20(24)23-13-6-11-22-12-14-23/h1-5,7-10,18,22H,6,11-15H2. The number of amides is 1. The van der Waals surface area contributed by atoms with E-state index in [1.54, 1.807) is 0 Å². The maximum atomic E-state index is 12.9. The van der Waals surface area contributed by atoms with Crippen LogP contribution in [-0.2, 0) is 4.79 Å². The summed E-state index contributed by atoms with van der Waals surface area (Å²) < 4.78 is 0. The van der Waals surface area contributed by atoms with Gasteiger partial charge in [-0.2, -0.15) is 0 Å². The Morgan fingerprint density at radius 3 is 2.58 bits per heavy atom. The Balaban J connectivity index is 1.85. The van der Waals surface area contributed by atoms with Crippen molar-refractivity contribution in [3.63, 3.8) is 0 Å². The molecule has 3 nitrogen and oxygen atoms in total. The highest BCUT2D eigenvalue weighted by molar-refractivity contribution is 6.31. The largest absolute Gasteiger partial charge is 0.341 e. The van der Waals surface area contributed by atoms with Crippen molar-refractivity contribution in [1.29, 1.82) is 0 Å². The van der Waals surface area contributed by atoms with E-state index >= 15 is 0 Å². The van der Waals surface area contributed by atoms with Gasteiger partial charge >= 0.3 is 0 Å². The van der Waals surface area contributed by atoms with Crippen LogP contribution in [0.5, 0.6) is 0 Å². The molecule has 1 fully saturated rings. The fraction of sp³-hybridized carbons (Fsp3) is 0.350. The van der Waals surface area contributed by atoms with Crippen LogP contribution in [0.25, 0.3) is 0 Å². The number of hydrogen-bond acceptors (Lipinski definition) is 2. The summed E-state index contributed by atoms with van der Waals surface area (Å²) in [5, 5.41) is 4.06. The second kappa shape index (κ2) is 8.32. The molecule has 0 spiro atoms. The van der Waals surface area contributed by atoms with E-state index in [1.807, 2.05) is 47.4 Å². The van der Waals surface area contributed by atoms with Crippen LogP contribution in [-0.4, -0.2) is 37.0 Å². The van der Waals surface area contributed by atoms with Crippen molar-refractivity contribution in [2.45, 2.75) is 18.8 Å². The van der Waals surface area contributed by atoms with Crippen molar-refractivity contribution in [3.05, 3.63) is 70.7 Å². The van der Waals surface area contributed by atoms with E-state index in [9.17, 15) is 4.79 Å². The molecule has 1 heterocycles. The Hall–Kier alpha value is -1.84. The summed E-state index contributed by atoms with van der Waals surface area (Å²) in [4.78, 5) is 14.9. The molecule has 1 aliphatic rings. The molecule has 126 valence electrons. The predicted octanol–water partition coefficient (Wildman–Crippen LogP) is 3.68. The zero-order valence-electron chi connectivity index (χ0n) is 13.7. The van der Waals surface area contributed by atoms with Crippen LogP contribution < -0.4 is 5.32 Å². The Labute approximate surface area is 148 Å². The number of hydrogen-bond donors (Lipinski definition) is 1. The summed E-state index contributed by atoms with van der Waals surface area (Å²) in [5.74, 6) is 0.191. The lowest BCUT2D eigenvalue weighted by molar-refractivity contribution is -0.131. The van der Waals surface area contributed by atoms with E-state index in [4.69, 9.17) is 11.6 Å². The molecular weight excluding hydrogens is 320 g/mol. The second-order valence-corrected chi connectivity index (χ2v) is 6.58. The molecule has 1 aliphatic heterocycles. The van der Waals surface area contributed by atoms with Crippen molar-refractivity contribution < 1.29 is 4.79 Å². The van der Waals surface area contributed by atoms with Crippen LogP contribution in [0.1, 0.15) is 29.9 Å². The van der Waals surface area contributed by atoms with Gasteiger partial charge in [-0.05, 0) is 30.2 Å². The lowest BCUT2D eigenvalue weighted by atomic mass is 9.88. The van der Waals surface area contributed by atoms with Gasteiger partial charge < -0.3 is 10.2 Å². The van der Waals surface area contributed by atoms with Gasteiger partial charge in [-0.3, -0.25) is 4.79 Å². The van der Waals surface area contributed by atoms with Crippen molar-refractivity contribution >= 4 is 17.5 Å². The molecule has 1 saturated heterocycles. The lowest BCUT2D eigenvalue weighted by Gasteiger charge is -2.24. The van der Waals surface area contributed by atoms with Crippen LogP contribution in [0.3, 0.4) is 0 Å². The first-order valence-electron chi connectivity index (χ1n) is 8.53. The number of nitrogens with zero attached hydrogens (tertiary/aromatic N) is 1. The number of benzene rings is 2. The smallest absolute Gasteiger partial charge is 0.223 e. The molecule has 1 amide bonds. The summed E-state index contributed by atoms with van der Waals surface area (Å²) in [6.07, 6.45) is 1.46. The van der Waals surface area contributed by atoms with E-state index in [-0.39, 0.29) is 11.8 Å². The third-order valence-electron chi connectivity index (χ3n) is 4.55. The van der Waals surface area contributed by atoms with E-state index in [0.717, 1.165) is 48.7 Å². The van der Waals surface area contributed by atoms with Crippen LogP contribution in [0, 0.1) is 0 Å². The number of rotatable bonds is 4. The van der Waals surface area contributed by atoms with Gasteiger partial charge in [0.15, 0.2) is 0 Å². The van der Waals surface area contributed by atoms with Gasteiger partial charge in [0.25, 0.3) is 0 Å². The Morgan fingerprint density at radius 1 is 1.04 bits per heavy atom. The summed E-state index contributed by atoms with van der Waals surface area (Å²) in [7, 11) is 0. The van der Waals surface area contributed by atoms with E-state index in [0.29, 0.717) is 6.42 Å². The predicted molar refractivity (Wildman–Crippen MR) is 98.4 cm³/mol. The average Bonchev–Trinajstić information content (AvgIpc) is 2.90. The molecule has 0 radical (unpaired) electrons. The maximum Gasteiger partial charge on any atom is 0.223 e. The highest BCUT2D eigenvalue weighted by atomic mass is 35.5. The van der Waals surface area contributed by atoms with E-state index in [1.165, 1.54) is 0 Å². The summed E-state index contributed by atoms with van der Waals surface area (Å²) >= 11 is 6.43. The molecular formula is C20H23ClN2O. The van der Waals surface area contributed by atoms with Crippen molar-refractivity contribution in [1.82, 2.24) is 10.2 Å². The monoisotopic (exact) mass is 342 g/mol. The van der Waals surface area contributed by atoms with Crippen molar-refractivity contribution in [2.24, 2.45) is 0 Å². The molecule has 2 aromatic carbocycles. The highest BCUT2D eigenvalue weighted by Crippen LogP contribution is 2.33. The quantitative estimate of drug-likeness (QED) is 0.919. The van der Waals surface area contributed by atoms with Crippen LogP contribution in [0.4, 0.5) is 0 Å². The first-order chi connectivity index (χ1) is 11.8.